The summed E-state index contributed by atoms with van der Waals surface area (Å²) in [5.74, 6) is 0.291. The van der Waals surface area contributed by atoms with Crippen LogP contribution in [0.15, 0.2) is 42.9 Å². The molecule has 0 aliphatic heterocycles. The molecular formula is C19H20N4O2. The molecule has 0 radical (unpaired) electrons. The molecule has 0 saturated heterocycles. The molecule has 0 aliphatic carbocycles. The SMILES string of the molecule is COc1cc(C)c(C(=O)Nc2ccc(-n3cnc(C)c3C)cc2)cn1. The molecule has 128 valence electrons. The number of aromatic nitrogens is 3. The van der Waals surface area contributed by atoms with Crippen LogP contribution in [0.2, 0.25) is 0 Å². The van der Waals surface area contributed by atoms with Gasteiger partial charge in [0.05, 0.1) is 24.7 Å². The van der Waals surface area contributed by atoms with Gasteiger partial charge in [-0.25, -0.2) is 9.97 Å². The van der Waals surface area contributed by atoms with E-state index in [1.54, 1.807) is 19.5 Å². The van der Waals surface area contributed by atoms with E-state index in [2.05, 4.69) is 15.3 Å². The number of hydrogen-bond donors (Lipinski definition) is 1. The van der Waals surface area contributed by atoms with Crippen molar-refractivity contribution in [2.45, 2.75) is 20.8 Å². The van der Waals surface area contributed by atoms with Gasteiger partial charge < -0.3 is 14.6 Å². The fraction of sp³-hybridized carbons (Fsp3) is 0.211. The lowest BCUT2D eigenvalue weighted by Gasteiger charge is -2.10. The number of amides is 1. The largest absolute Gasteiger partial charge is 0.481 e. The van der Waals surface area contributed by atoms with Gasteiger partial charge in [0.1, 0.15) is 0 Å². The maximum Gasteiger partial charge on any atom is 0.257 e. The molecule has 25 heavy (non-hydrogen) atoms. The Bertz CT molecular complexity index is 914. The second-order valence-electron chi connectivity index (χ2n) is 5.83. The number of aryl methyl sites for hydroxylation is 2. The van der Waals surface area contributed by atoms with Crippen molar-refractivity contribution in [3.8, 4) is 11.6 Å². The molecule has 0 aliphatic rings. The second-order valence-corrected chi connectivity index (χ2v) is 5.83. The third-order valence-corrected chi connectivity index (χ3v) is 4.19. The van der Waals surface area contributed by atoms with Gasteiger partial charge in [-0.15, -0.1) is 0 Å². The predicted octanol–water partition coefficient (Wildman–Crippen LogP) is 3.45. The first-order chi connectivity index (χ1) is 12.0. The minimum absolute atomic E-state index is 0.199. The van der Waals surface area contributed by atoms with E-state index in [-0.39, 0.29) is 5.91 Å². The maximum absolute atomic E-state index is 12.4. The van der Waals surface area contributed by atoms with Crippen LogP contribution in [0.5, 0.6) is 5.88 Å². The number of hydrogen-bond acceptors (Lipinski definition) is 4. The molecule has 2 heterocycles. The van der Waals surface area contributed by atoms with Gasteiger partial charge in [0, 0.05) is 29.3 Å². The van der Waals surface area contributed by atoms with Crippen molar-refractivity contribution < 1.29 is 9.53 Å². The molecule has 0 fully saturated rings. The second kappa shape index (κ2) is 6.76. The van der Waals surface area contributed by atoms with Crippen LogP contribution in [0.3, 0.4) is 0 Å². The van der Waals surface area contributed by atoms with Crippen LogP contribution < -0.4 is 10.1 Å². The number of nitrogens with one attached hydrogen (secondary N) is 1. The molecule has 1 aromatic carbocycles. The van der Waals surface area contributed by atoms with Crippen molar-refractivity contribution in [1.82, 2.24) is 14.5 Å². The van der Waals surface area contributed by atoms with E-state index in [9.17, 15) is 4.79 Å². The van der Waals surface area contributed by atoms with E-state index in [0.29, 0.717) is 11.4 Å². The monoisotopic (exact) mass is 336 g/mol. The summed E-state index contributed by atoms with van der Waals surface area (Å²) in [6, 6.07) is 9.37. The molecule has 2 aromatic heterocycles. The normalized spacial score (nSPS) is 10.6. The number of imidazole rings is 1. The molecule has 0 spiro atoms. The number of rotatable bonds is 4. The summed E-state index contributed by atoms with van der Waals surface area (Å²) < 4.78 is 7.08. The van der Waals surface area contributed by atoms with Crippen molar-refractivity contribution >= 4 is 11.6 Å². The minimum atomic E-state index is -0.199. The van der Waals surface area contributed by atoms with E-state index in [1.165, 1.54) is 6.20 Å². The van der Waals surface area contributed by atoms with Gasteiger partial charge in [-0.2, -0.15) is 0 Å². The van der Waals surface area contributed by atoms with Crippen LogP contribution in [0.25, 0.3) is 5.69 Å². The van der Waals surface area contributed by atoms with Crippen LogP contribution in [0.1, 0.15) is 27.3 Å². The standard InChI is InChI=1S/C19H20N4O2/c1-12-9-18(25-4)20-10-17(12)19(24)22-15-5-7-16(8-6-15)23-11-21-13(2)14(23)3/h5-11H,1-4H3,(H,22,24). The van der Waals surface area contributed by atoms with Crippen LogP contribution in [0.4, 0.5) is 5.69 Å². The fourth-order valence-electron chi connectivity index (χ4n) is 2.54. The van der Waals surface area contributed by atoms with Gasteiger partial charge in [0.15, 0.2) is 0 Å². The highest BCUT2D eigenvalue weighted by Gasteiger charge is 2.11. The third kappa shape index (κ3) is 3.38. The van der Waals surface area contributed by atoms with Crippen LogP contribution in [-0.2, 0) is 0 Å². The van der Waals surface area contributed by atoms with Gasteiger partial charge in [-0.1, -0.05) is 0 Å². The van der Waals surface area contributed by atoms with Crippen molar-refractivity contribution in [2.24, 2.45) is 0 Å². The topological polar surface area (TPSA) is 69.0 Å². The lowest BCUT2D eigenvalue weighted by Crippen LogP contribution is -2.14. The number of carbonyl (C=O) groups is 1. The van der Waals surface area contributed by atoms with Gasteiger partial charge in [0.25, 0.3) is 5.91 Å². The number of benzene rings is 1. The fourth-order valence-corrected chi connectivity index (χ4v) is 2.54. The zero-order valence-electron chi connectivity index (χ0n) is 14.7. The first-order valence-corrected chi connectivity index (χ1v) is 7.92. The van der Waals surface area contributed by atoms with Crippen molar-refractivity contribution in [2.75, 3.05) is 12.4 Å². The number of nitrogens with zero attached hydrogens (tertiary/aromatic N) is 3. The highest BCUT2D eigenvalue weighted by Crippen LogP contribution is 2.19. The maximum atomic E-state index is 12.4. The highest BCUT2D eigenvalue weighted by molar-refractivity contribution is 6.05. The van der Waals surface area contributed by atoms with Gasteiger partial charge in [0.2, 0.25) is 5.88 Å². The molecule has 1 amide bonds. The Hall–Kier alpha value is -3.15. The number of ether oxygens (including phenoxy) is 1. The summed E-state index contributed by atoms with van der Waals surface area (Å²) in [6.45, 7) is 5.86. The van der Waals surface area contributed by atoms with E-state index >= 15 is 0 Å². The Morgan fingerprint density at radius 3 is 2.40 bits per heavy atom. The summed E-state index contributed by atoms with van der Waals surface area (Å²) in [4.78, 5) is 20.8. The summed E-state index contributed by atoms with van der Waals surface area (Å²) >= 11 is 0. The first-order valence-electron chi connectivity index (χ1n) is 7.92. The molecule has 0 atom stereocenters. The van der Waals surface area contributed by atoms with Crippen molar-refractivity contribution in [3.05, 3.63) is 65.4 Å². The van der Waals surface area contributed by atoms with E-state index < -0.39 is 0 Å². The van der Waals surface area contributed by atoms with Crippen molar-refractivity contribution in [3.63, 3.8) is 0 Å². The van der Waals surface area contributed by atoms with Gasteiger partial charge in [-0.3, -0.25) is 4.79 Å². The van der Waals surface area contributed by atoms with E-state index in [0.717, 1.165) is 28.3 Å². The third-order valence-electron chi connectivity index (χ3n) is 4.19. The summed E-state index contributed by atoms with van der Waals surface area (Å²) in [6.07, 6.45) is 3.32. The van der Waals surface area contributed by atoms with E-state index in [4.69, 9.17) is 4.74 Å². The molecule has 0 saturated carbocycles. The molecule has 1 N–H and O–H groups in total. The predicted molar refractivity (Wildman–Crippen MR) is 96.5 cm³/mol. The van der Waals surface area contributed by atoms with Crippen LogP contribution in [0, 0.1) is 20.8 Å². The van der Waals surface area contributed by atoms with Gasteiger partial charge in [-0.05, 0) is 50.6 Å². The smallest absolute Gasteiger partial charge is 0.257 e. The Morgan fingerprint density at radius 2 is 1.84 bits per heavy atom. The number of methoxy groups -OCH3 is 1. The summed E-state index contributed by atoms with van der Waals surface area (Å²) in [5, 5.41) is 2.89. The minimum Gasteiger partial charge on any atom is -0.481 e. The summed E-state index contributed by atoms with van der Waals surface area (Å²) in [5.41, 5.74) is 5.14. The molecule has 6 nitrogen and oxygen atoms in total. The lowest BCUT2D eigenvalue weighted by molar-refractivity contribution is 0.102. The molecule has 0 unspecified atom stereocenters. The average molecular weight is 336 g/mol. The Kier molecular flexibility index (Phi) is 4.52. The first kappa shape index (κ1) is 16.7. The number of carbonyl (C=O) groups excluding carboxylic acids is 1. The molecule has 3 aromatic rings. The molecule has 6 heteroatoms. The molecule has 0 bridgehead atoms. The van der Waals surface area contributed by atoms with Crippen LogP contribution in [-0.4, -0.2) is 27.6 Å². The number of pyridine rings is 1. The lowest BCUT2D eigenvalue weighted by atomic mass is 10.1. The Labute approximate surface area is 146 Å². The Balaban J connectivity index is 1.77. The zero-order chi connectivity index (χ0) is 18.0. The zero-order valence-corrected chi connectivity index (χ0v) is 14.7. The van der Waals surface area contributed by atoms with Crippen LogP contribution >= 0.6 is 0 Å². The van der Waals surface area contributed by atoms with E-state index in [1.807, 2.05) is 49.6 Å². The summed E-state index contributed by atoms with van der Waals surface area (Å²) in [7, 11) is 1.55. The average Bonchev–Trinajstić information content (AvgIpc) is 2.94. The van der Waals surface area contributed by atoms with Crippen molar-refractivity contribution in [1.29, 1.82) is 0 Å². The van der Waals surface area contributed by atoms with Gasteiger partial charge >= 0.3 is 0 Å². The quantitative estimate of drug-likeness (QED) is 0.792. The Morgan fingerprint density at radius 1 is 1.12 bits per heavy atom. The highest BCUT2D eigenvalue weighted by atomic mass is 16.5. The molecule has 3 rings (SSSR count). The molecular weight excluding hydrogens is 316 g/mol. The number of anilines is 1.